The van der Waals surface area contributed by atoms with Crippen molar-refractivity contribution in [1.82, 2.24) is 15.2 Å². The number of nitriles is 1. The molecule has 0 saturated carbocycles. The van der Waals surface area contributed by atoms with E-state index in [2.05, 4.69) is 21.3 Å². The Kier molecular flexibility index (Phi) is 8.87. The molecule has 0 atom stereocenters. The van der Waals surface area contributed by atoms with Crippen LogP contribution in [0.5, 0.6) is 0 Å². The highest BCUT2D eigenvalue weighted by atomic mass is 19.4. The monoisotopic (exact) mass is 559 g/mol. The van der Waals surface area contributed by atoms with Crippen molar-refractivity contribution in [2.75, 3.05) is 5.73 Å². The number of aromatic amines is 1. The van der Waals surface area contributed by atoms with E-state index in [-0.39, 0.29) is 11.4 Å². The average molecular weight is 559 g/mol. The predicted molar refractivity (Wildman–Crippen MR) is 118 cm³/mol. The Hall–Kier alpha value is -5.14. The molecule has 11 nitrogen and oxygen atoms in total. The van der Waals surface area contributed by atoms with Gasteiger partial charge in [-0.15, -0.1) is 0 Å². The molecule has 0 amide bonds. The highest BCUT2D eigenvalue weighted by Gasteiger charge is 2.38. The first kappa shape index (κ1) is 30.1. The topological polar surface area (TPSA) is 203 Å². The molecule has 6 N–H and O–H groups in total. The highest BCUT2D eigenvalue weighted by Crippen LogP contribution is 2.40. The molecule has 2 heterocycles. The van der Waals surface area contributed by atoms with Crippen LogP contribution >= 0.6 is 0 Å². The molecule has 1 aliphatic carbocycles. The van der Waals surface area contributed by atoms with Crippen molar-refractivity contribution in [3.05, 3.63) is 52.8 Å². The SMILES string of the molecule is N#Cc1c(N)nc2c(c1-c1ccc(C(=O)O)cc1)CCc1[nH]ncc1-2.O=C(O)C(F)(F)F.O=C(O)C(F)(F)F. The Bertz CT molecular complexity index is 1420. The van der Waals surface area contributed by atoms with Gasteiger partial charge in [0.05, 0.1) is 17.5 Å². The summed E-state index contributed by atoms with van der Waals surface area (Å²) in [7, 11) is 0. The second-order valence-electron chi connectivity index (χ2n) is 7.44. The molecule has 1 aliphatic rings. The number of benzene rings is 1. The lowest BCUT2D eigenvalue weighted by atomic mass is 9.85. The first-order valence-electron chi connectivity index (χ1n) is 10.2. The van der Waals surface area contributed by atoms with Gasteiger partial charge in [-0.2, -0.15) is 36.7 Å². The van der Waals surface area contributed by atoms with Crippen LogP contribution in [0.2, 0.25) is 0 Å². The smallest absolute Gasteiger partial charge is 0.478 e. The lowest BCUT2D eigenvalue weighted by molar-refractivity contribution is -0.193. The van der Waals surface area contributed by atoms with Crippen LogP contribution in [-0.4, -0.2) is 60.8 Å². The summed E-state index contributed by atoms with van der Waals surface area (Å²) in [6.07, 6.45) is -7.00. The Morgan fingerprint density at radius 1 is 0.949 bits per heavy atom. The molecular weight excluding hydrogens is 544 g/mol. The molecule has 0 fully saturated rings. The van der Waals surface area contributed by atoms with Crippen LogP contribution in [0.4, 0.5) is 32.2 Å². The van der Waals surface area contributed by atoms with Gasteiger partial charge in [0.25, 0.3) is 0 Å². The third-order valence-electron chi connectivity index (χ3n) is 4.94. The average Bonchev–Trinajstić information content (AvgIpc) is 3.32. The van der Waals surface area contributed by atoms with Crippen molar-refractivity contribution >= 4 is 23.7 Å². The number of nitrogens with zero attached hydrogens (tertiary/aromatic N) is 3. The minimum absolute atomic E-state index is 0.160. The van der Waals surface area contributed by atoms with E-state index >= 15 is 0 Å². The number of carboxylic acids is 3. The van der Waals surface area contributed by atoms with E-state index in [1.165, 1.54) is 12.1 Å². The number of carbonyl (C=O) groups is 3. The van der Waals surface area contributed by atoms with E-state index in [1.807, 2.05) is 0 Å². The molecule has 4 rings (SSSR count). The number of nitrogens with one attached hydrogen (secondary N) is 1. The second-order valence-corrected chi connectivity index (χ2v) is 7.44. The number of halogens is 6. The van der Waals surface area contributed by atoms with Crippen molar-refractivity contribution < 1.29 is 56.0 Å². The van der Waals surface area contributed by atoms with Gasteiger partial charge in [0.1, 0.15) is 17.5 Å². The number of nitrogen functional groups attached to an aromatic ring is 1. The van der Waals surface area contributed by atoms with Crippen LogP contribution in [0.25, 0.3) is 22.4 Å². The van der Waals surface area contributed by atoms with Crippen molar-refractivity contribution in [3.8, 4) is 28.5 Å². The summed E-state index contributed by atoms with van der Waals surface area (Å²) in [5.74, 6) is -6.35. The van der Waals surface area contributed by atoms with Gasteiger partial charge in [0, 0.05) is 16.8 Å². The molecule has 3 aromatic rings. The van der Waals surface area contributed by atoms with E-state index < -0.39 is 30.3 Å². The Balaban J connectivity index is 0.000000317. The van der Waals surface area contributed by atoms with Gasteiger partial charge in [-0.3, -0.25) is 5.10 Å². The van der Waals surface area contributed by atoms with E-state index in [0.717, 1.165) is 34.5 Å². The number of alkyl halides is 6. The zero-order chi connectivity index (χ0) is 29.7. The van der Waals surface area contributed by atoms with Gasteiger partial charge >= 0.3 is 30.3 Å². The van der Waals surface area contributed by atoms with Gasteiger partial charge in [-0.1, -0.05) is 12.1 Å². The largest absolute Gasteiger partial charge is 0.490 e. The lowest BCUT2D eigenvalue weighted by Gasteiger charge is -2.21. The zero-order valence-corrected chi connectivity index (χ0v) is 19.1. The van der Waals surface area contributed by atoms with Crippen LogP contribution in [0, 0.1) is 11.3 Å². The fourth-order valence-electron chi connectivity index (χ4n) is 3.28. The lowest BCUT2D eigenvalue weighted by Crippen LogP contribution is -2.21. The van der Waals surface area contributed by atoms with Crippen LogP contribution in [0.1, 0.15) is 27.2 Å². The van der Waals surface area contributed by atoms with Crippen molar-refractivity contribution in [3.63, 3.8) is 0 Å². The summed E-state index contributed by atoms with van der Waals surface area (Å²) in [5, 5.41) is 39.9. The number of fused-ring (bicyclic) bond motifs is 3. The van der Waals surface area contributed by atoms with E-state index in [1.54, 1.807) is 18.3 Å². The van der Waals surface area contributed by atoms with Crippen molar-refractivity contribution in [2.45, 2.75) is 25.2 Å². The van der Waals surface area contributed by atoms with Gasteiger partial charge < -0.3 is 21.1 Å². The van der Waals surface area contributed by atoms with Gasteiger partial charge in [0.15, 0.2) is 0 Å². The quantitative estimate of drug-likeness (QED) is 0.288. The van der Waals surface area contributed by atoms with E-state index in [0.29, 0.717) is 17.5 Å². The number of hydrogen-bond donors (Lipinski definition) is 5. The number of anilines is 1. The number of aromatic carboxylic acids is 1. The normalized spacial score (nSPS) is 11.8. The number of pyridine rings is 1. The first-order chi connectivity index (χ1) is 18.0. The maximum absolute atomic E-state index is 11.1. The van der Waals surface area contributed by atoms with Gasteiger partial charge in [-0.05, 0) is 36.1 Å². The maximum atomic E-state index is 11.1. The van der Waals surface area contributed by atoms with Crippen LogP contribution < -0.4 is 5.73 Å². The standard InChI is InChI=1S/C18H13N5O2.2C2HF3O2/c19-7-12-15(9-1-3-10(4-2-9)18(24)25)11-5-6-14-13(8-21-23-14)16(11)22-17(12)20;2*3-2(4,5)1(6)7/h1-4,8H,5-6H2,(H2,20,22)(H,21,23)(H,24,25);2*(H,6,7). The van der Waals surface area contributed by atoms with E-state index in [9.17, 15) is 36.4 Å². The van der Waals surface area contributed by atoms with Crippen LogP contribution in [0.3, 0.4) is 0 Å². The zero-order valence-electron chi connectivity index (χ0n) is 19.1. The summed E-state index contributed by atoms with van der Waals surface area (Å²) in [6.45, 7) is 0. The molecule has 0 aliphatic heterocycles. The Morgan fingerprint density at radius 3 is 1.90 bits per heavy atom. The minimum Gasteiger partial charge on any atom is -0.478 e. The number of aromatic nitrogens is 3. The number of aryl methyl sites for hydroxylation is 1. The van der Waals surface area contributed by atoms with Crippen molar-refractivity contribution in [2.24, 2.45) is 0 Å². The summed E-state index contributed by atoms with van der Waals surface area (Å²) < 4.78 is 63.5. The molecule has 0 radical (unpaired) electrons. The molecule has 39 heavy (non-hydrogen) atoms. The molecule has 2 aromatic heterocycles. The number of rotatable bonds is 2. The number of carboxylic acid groups (broad SMARTS) is 3. The molecule has 0 saturated heterocycles. The summed E-state index contributed by atoms with van der Waals surface area (Å²) in [4.78, 5) is 33.3. The molecule has 206 valence electrons. The fourth-order valence-corrected chi connectivity index (χ4v) is 3.28. The Labute approximate surface area is 213 Å². The number of hydrogen-bond acceptors (Lipinski definition) is 7. The third-order valence-corrected chi connectivity index (χ3v) is 4.94. The van der Waals surface area contributed by atoms with Gasteiger partial charge in [-0.25, -0.2) is 19.4 Å². The second kappa shape index (κ2) is 11.5. The fraction of sp³-hybridized carbons (Fsp3) is 0.182. The summed E-state index contributed by atoms with van der Waals surface area (Å²) in [5.41, 5.74) is 11.6. The Morgan fingerprint density at radius 2 is 1.46 bits per heavy atom. The van der Waals surface area contributed by atoms with E-state index in [4.69, 9.17) is 30.6 Å². The molecule has 0 spiro atoms. The minimum atomic E-state index is -5.08. The first-order valence-corrected chi connectivity index (χ1v) is 10.2. The molecule has 1 aromatic carbocycles. The highest BCUT2D eigenvalue weighted by molar-refractivity contribution is 5.90. The summed E-state index contributed by atoms with van der Waals surface area (Å²) >= 11 is 0. The number of nitrogens with two attached hydrogens (primary N) is 1. The van der Waals surface area contributed by atoms with Crippen molar-refractivity contribution in [1.29, 1.82) is 5.26 Å². The molecule has 0 unspecified atom stereocenters. The predicted octanol–water partition coefficient (Wildman–Crippen LogP) is 3.66. The third kappa shape index (κ3) is 7.21. The molecule has 17 heteroatoms. The maximum Gasteiger partial charge on any atom is 0.490 e. The number of H-pyrrole nitrogens is 1. The van der Waals surface area contributed by atoms with Crippen LogP contribution in [-0.2, 0) is 22.4 Å². The molecular formula is C22H15F6N5O6. The number of aliphatic carboxylic acids is 2. The summed E-state index contributed by atoms with van der Waals surface area (Å²) in [6, 6.07) is 8.58. The van der Waals surface area contributed by atoms with Crippen LogP contribution in [0.15, 0.2) is 30.5 Å². The molecule has 0 bridgehead atoms. The van der Waals surface area contributed by atoms with Gasteiger partial charge in [0.2, 0.25) is 0 Å².